The van der Waals surface area contributed by atoms with Gasteiger partial charge in [0.15, 0.2) is 4.77 Å². The summed E-state index contributed by atoms with van der Waals surface area (Å²) in [5, 5.41) is 6.57. The van der Waals surface area contributed by atoms with Crippen LogP contribution in [0.15, 0.2) is 0 Å². The molecule has 3 N–H and O–H groups in total. The van der Waals surface area contributed by atoms with Crippen molar-refractivity contribution < 1.29 is 4.74 Å². The number of anilines is 1. The van der Waals surface area contributed by atoms with Gasteiger partial charge < -0.3 is 10.5 Å². The molecule has 1 aromatic rings. The van der Waals surface area contributed by atoms with Crippen LogP contribution < -0.4 is 5.73 Å². The van der Waals surface area contributed by atoms with Crippen LogP contribution in [-0.2, 0) is 4.74 Å². The maximum atomic E-state index is 5.73. The van der Waals surface area contributed by atoms with Gasteiger partial charge in [-0.1, -0.05) is 0 Å². The zero-order valence-corrected chi connectivity index (χ0v) is 9.04. The van der Waals surface area contributed by atoms with Crippen LogP contribution in [0.25, 0.3) is 0 Å². The molecule has 6 heteroatoms. The van der Waals surface area contributed by atoms with Gasteiger partial charge in [0.25, 0.3) is 0 Å². The molecule has 5 nitrogen and oxygen atoms in total. The summed E-state index contributed by atoms with van der Waals surface area (Å²) >= 11 is 5.11. The third-order valence-corrected chi connectivity index (χ3v) is 2.91. The Morgan fingerprint density at radius 3 is 2.79 bits per heavy atom. The third-order valence-electron chi connectivity index (χ3n) is 2.63. The van der Waals surface area contributed by atoms with Gasteiger partial charge in [0.05, 0.1) is 18.2 Å². The molecular weight excluding hydrogens is 200 g/mol. The number of hydrogen-bond donors (Lipinski definition) is 2. The van der Waals surface area contributed by atoms with Crippen molar-refractivity contribution in [3.63, 3.8) is 0 Å². The van der Waals surface area contributed by atoms with E-state index in [1.54, 1.807) is 0 Å². The van der Waals surface area contributed by atoms with E-state index in [0.29, 0.717) is 10.7 Å². The van der Waals surface area contributed by atoms with E-state index in [1.807, 2.05) is 11.5 Å². The number of nitrogens with one attached hydrogen (secondary N) is 1. The van der Waals surface area contributed by atoms with Gasteiger partial charge in [-0.15, -0.1) is 5.10 Å². The van der Waals surface area contributed by atoms with Gasteiger partial charge in [-0.05, 0) is 32.5 Å². The summed E-state index contributed by atoms with van der Waals surface area (Å²) in [4.78, 5) is 0. The van der Waals surface area contributed by atoms with Crippen LogP contribution in [0.4, 0.5) is 5.95 Å². The minimum atomic E-state index is 0.136. The van der Waals surface area contributed by atoms with E-state index in [0.717, 1.165) is 6.42 Å². The van der Waals surface area contributed by atoms with E-state index in [4.69, 9.17) is 22.7 Å². The smallest absolute Gasteiger partial charge is 0.220 e. The third kappa shape index (κ3) is 1.44. The van der Waals surface area contributed by atoms with Gasteiger partial charge in [0.1, 0.15) is 0 Å². The fourth-order valence-electron chi connectivity index (χ4n) is 2.00. The van der Waals surface area contributed by atoms with Gasteiger partial charge in [0.2, 0.25) is 5.95 Å². The molecule has 0 spiro atoms. The average molecular weight is 214 g/mol. The first-order valence-corrected chi connectivity index (χ1v) is 5.08. The lowest BCUT2D eigenvalue weighted by molar-refractivity contribution is 0.0574. The Morgan fingerprint density at radius 2 is 2.36 bits per heavy atom. The monoisotopic (exact) mass is 214 g/mol. The molecule has 1 saturated heterocycles. The molecule has 0 aromatic carbocycles. The summed E-state index contributed by atoms with van der Waals surface area (Å²) in [5.41, 5.74) is 5.73. The molecule has 14 heavy (non-hydrogen) atoms. The van der Waals surface area contributed by atoms with Crippen LogP contribution in [0.2, 0.25) is 0 Å². The highest BCUT2D eigenvalue weighted by molar-refractivity contribution is 7.71. The lowest BCUT2D eigenvalue weighted by Crippen LogP contribution is -2.18. The summed E-state index contributed by atoms with van der Waals surface area (Å²) < 4.78 is 8.05. The summed E-state index contributed by atoms with van der Waals surface area (Å²) in [7, 11) is 0. The first kappa shape index (κ1) is 9.67. The van der Waals surface area contributed by atoms with Crippen LogP contribution in [-0.4, -0.2) is 27.0 Å². The Kier molecular flexibility index (Phi) is 2.32. The molecule has 1 aromatic heterocycles. The van der Waals surface area contributed by atoms with Crippen molar-refractivity contribution in [2.75, 3.05) is 5.73 Å². The van der Waals surface area contributed by atoms with Gasteiger partial charge in [-0.25, -0.2) is 5.10 Å². The summed E-state index contributed by atoms with van der Waals surface area (Å²) in [5.74, 6) is 0.435. The SMILES string of the molecule is CC1CC(n2c(N)n[nH]c2=S)C(C)O1. The van der Waals surface area contributed by atoms with Gasteiger partial charge in [-0.2, -0.15) is 0 Å². The van der Waals surface area contributed by atoms with E-state index in [9.17, 15) is 0 Å². The Labute approximate surface area is 87.3 Å². The van der Waals surface area contributed by atoms with Crippen molar-refractivity contribution in [3.05, 3.63) is 4.77 Å². The Bertz CT molecular complexity index is 385. The maximum absolute atomic E-state index is 5.73. The molecule has 0 radical (unpaired) electrons. The lowest BCUT2D eigenvalue weighted by atomic mass is 10.1. The van der Waals surface area contributed by atoms with Crippen molar-refractivity contribution in [2.45, 2.75) is 38.5 Å². The number of rotatable bonds is 1. The number of aromatic nitrogens is 3. The number of H-pyrrole nitrogens is 1. The highest BCUT2D eigenvalue weighted by Gasteiger charge is 2.32. The van der Waals surface area contributed by atoms with Crippen molar-refractivity contribution in [1.82, 2.24) is 14.8 Å². The number of nitrogens with two attached hydrogens (primary N) is 1. The first-order chi connectivity index (χ1) is 6.59. The highest BCUT2D eigenvalue weighted by atomic mass is 32.1. The molecule has 3 atom stereocenters. The quantitative estimate of drug-likeness (QED) is 0.691. The van der Waals surface area contributed by atoms with Crippen molar-refractivity contribution in [2.24, 2.45) is 0 Å². The number of ether oxygens (including phenoxy) is 1. The number of nitrogen functional groups attached to an aromatic ring is 1. The van der Waals surface area contributed by atoms with Crippen molar-refractivity contribution >= 4 is 18.2 Å². The molecule has 0 aliphatic carbocycles. The van der Waals surface area contributed by atoms with Gasteiger partial charge >= 0.3 is 0 Å². The van der Waals surface area contributed by atoms with E-state index < -0.39 is 0 Å². The van der Waals surface area contributed by atoms with Crippen LogP contribution in [0, 0.1) is 4.77 Å². The molecule has 1 aliphatic heterocycles. The lowest BCUT2D eigenvalue weighted by Gasteiger charge is -2.15. The molecule has 0 bridgehead atoms. The predicted octanol–water partition coefficient (Wildman–Crippen LogP) is 1.26. The Hall–Kier alpha value is -0.880. The zero-order chi connectivity index (χ0) is 10.3. The van der Waals surface area contributed by atoms with E-state index in [2.05, 4.69) is 17.1 Å². The summed E-state index contributed by atoms with van der Waals surface area (Å²) in [6.07, 6.45) is 1.32. The second-order valence-electron chi connectivity index (χ2n) is 3.71. The van der Waals surface area contributed by atoms with E-state index in [-0.39, 0.29) is 18.2 Å². The molecule has 3 unspecified atom stereocenters. The molecule has 2 rings (SSSR count). The molecule has 1 aliphatic rings. The molecule has 1 fully saturated rings. The molecule has 0 saturated carbocycles. The highest BCUT2D eigenvalue weighted by Crippen LogP contribution is 2.31. The van der Waals surface area contributed by atoms with Crippen LogP contribution in [0.5, 0.6) is 0 Å². The fourth-order valence-corrected chi connectivity index (χ4v) is 2.27. The largest absolute Gasteiger partial charge is 0.373 e. The number of nitrogens with zero attached hydrogens (tertiary/aromatic N) is 2. The second kappa shape index (κ2) is 3.36. The Balaban J connectivity index is 2.36. The molecule has 78 valence electrons. The minimum Gasteiger partial charge on any atom is -0.373 e. The number of aromatic amines is 1. The molecule has 0 amide bonds. The van der Waals surface area contributed by atoms with E-state index >= 15 is 0 Å². The van der Waals surface area contributed by atoms with Crippen LogP contribution in [0.1, 0.15) is 26.3 Å². The van der Waals surface area contributed by atoms with Gasteiger partial charge in [-0.3, -0.25) is 4.57 Å². The van der Waals surface area contributed by atoms with Crippen molar-refractivity contribution in [1.29, 1.82) is 0 Å². The first-order valence-electron chi connectivity index (χ1n) is 4.67. The van der Waals surface area contributed by atoms with Crippen molar-refractivity contribution in [3.8, 4) is 0 Å². The average Bonchev–Trinajstić information content (AvgIpc) is 2.57. The second-order valence-corrected chi connectivity index (χ2v) is 4.10. The number of hydrogen-bond acceptors (Lipinski definition) is 4. The maximum Gasteiger partial charge on any atom is 0.220 e. The summed E-state index contributed by atoms with van der Waals surface area (Å²) in [6, 6.07) is 0.205. The zero-order valence-electron chi connectivity index (χ0n) is 8.23. The van der Waals surface area contributed by atoms with Crippen LogP contribution in [0.3, 0.4) is 0 Å². The van der Waals surface area contributed by atoms with Gasteiger partial charge in [0, 0.05) is 0 Å². The molecular formula is C8H14N4OS. The Morgan fingerprint density at radius 1 is 1.64 bits per heavy atom. The predicted molar refractivity (Wildman–Crippen MR) is 55.5 cm³/mol. The van der Waals surface area contributed by atoms with Crippen LogP contribution >= 0.6 is 12.2 Å². The summed E-state index contributed by atoms with van der Waals surface area (Å²) in [6.45, 7) is 4.08. The van der Waals surface area contributed by atoms with E-state index in [1.165, 1.54) is 0 Å². The standard InChI is InChI=1S/C8H14N4OS/c1-4-3-6(5(2)13-4)12-7(9)10-11-8(12)14/h4-6H,3H2,1-2H3,(H2,9,10)(H,11,14). The topological polar surface area (TPSA) is 68.9 Å². The molecule has 2 heterocycles. The normalized spacial score (nSPS) is 32.3. The fraction of sp³-hybridized carbons (Fsp3) is 0.750. The minimum absolute atomic E-state index is 0.136.